The smallest absolute Gasteiger partial charge is 0.256 e. The lowest BCUT2D eigenvalue weighted by Gasteiger charge is -2.25. The molecule has 0 unspecified atom stereocenters. The highest BCUT2D eigenvalue weighted by Gasteiger charge is 2.39. The summed E-state index contributed by atoms with van der Waals surface area (Å²) in [4.78, 5) is 16.5. The van der Waals surface area contributed by atoms with Crippen LogP contribution in [0.1, 0.15) is 23.4 Å². The summed E-state index contributed by atoms with van der Waals surface area (Å²) in [6.07, 6.45) is -1.33. The quantitative estimate of drug-likeness (QED) is 0.813. The Kier molecular flexibility index (Phi) is 5.65. The Morgan fingerprint density at radius 1 is 1.38 bits per heavy atom. The number of aliphatic hydroxyl groups is 1. The first-order valence-corrected chi connectivity index (χ1v) is 8.53. The number of carbonyl (C=O) groups excluding carboxylic acids is 1. The molecule has 1 aliphatic heterocycles. The largest absolute Gasteiger partial charge is 0.424 e. The summed E-state index contributed by atoms with van der Waals surface area (Å²) >= 11 is 0. The van der Waals surface area contributed by atoms with Gasteiger partial charge in [-0.1, -0.05) is 30.3 Å². The van der Waals surface area contributed by atoms with Crippen LogP contribution in [0.25, 0.3) is 0 Å². The summed E-state index contributed by atoms with van der Waals surface area (Å²) in [7, 11) is 3.38. The zero-order valence-electron chi connectivity index (χ0n) is 15.2. The van der Waals surface area contributed by atoms with Crippen molar-refractivity contribution in [3.63, 3.8) is 0 Å². The van der Waals surface area contributed by atoms with Gasteiger partial charge in [-0.3, -0.25) is 9.69 Å². The van der Waals surface area contributed by atoms with Crippen LogP contribution in [0.5, 0.6) is 0 Å². The van der Waals surface area contributed by atoms with Gasteiger partial charge in [0.1, 0.15) is 0 Å². The zero-order chi connectivity index (χ0) is 18.7. The second-order valence-corrected chi connectivity index (χ2v) is 6.53. The normalized spacial score (nSPS) is 21.3. The number of aromatic nitrogens is 2. The number of ether oxygens (including phenoxy) is 1. The first-order chi connectivity index (χ1) is 12.5. The van der Waals surface area contributed by atoms with Gasteiger partial charge in [-0.25, -0.2) is 0 Å². The number of nitrogens with zero attached hydrogens (tertiary/aromatic N) is 4. The number of carbonyl (C=O) groups is 1. The van der Waals surface area contributed by atoms with Gasteiger partial charge in [-0.15, -0.1) is 10.2 Å². The second-order valence-electron chi connectivity index (χ2n) is 6.53. The van der Waals surface area contributed by atoms with Gasteiger partial charge in [0, 0.05) is 27.1 Å². The van der Waals surface area contributed by atoms with Crippen molar-refractivity contribution < 1.29 is 19.1 Å². The van der Waals surface area contributed by atoms with E-state index in [9.17, 15) is 9.90 Å². The lowest BCUT2D eigenvalue weighted by atomic mass is 10.1. The van der Waals surface area contributed by atoms with E-state index in [0.29, 0.717) is 24.9 Å². The SMILES string of the molecule is CO[C@@H](C(=O)N1C[C@@H](O)[C@@H](N(C)Cc2nnc(C)o2)C1)c1ccccc1. The molecule has 1 fully saturated rings. The van der Waals surface area contributed by atoms with Crippen molar-refractivity contribution in [2.75, 3.05) is 27.2 Å². The molecule has 1 aromatic heterocycles. The molecule has 8 nitrogen and oxygen atoms in total. The lowest BCUT2D eigenvalue weighted by molar-refractivity contribution is -0.141. The second kappa shape index (κ2) is 7.94. The van der Waals surface area contributed by atoms with Crippen LogP contribution in [-0.2, 0) is 16.1 Å². The van der Waals surface area contributed by atoms with Gasteiger partial charge < -0.3 is 19.2 Å². The Bertz CT molecular complexity index is 736. The molecule has 1 amide bonds. The molecule has 2 aromatic rings. The summed E-state index contributed by atoms with van der Waals surface area (Å²) in [6, 6.07) is 9.15. The molecule has 3 rings (SSSR count). The summed E-state index contributed by atoms with van der Waals surface area (Å²) in [5, 5.41) is 18.2. The van der Waals surface area contributed by atoms with Gasteiger partial charge in [0.05, 0.1) is 18.7 Å². The molecule has 26 heavy (non-hydrogen) atoms. The Morgan fingerprint density at radius 3 is 2.73 bits per heavy atom. The first-order valence-electron chi connectivity index (χ1n) is 8.53. The van der Waals surface area contributed by atoms with Crippen LogP contribution >= 0.6 is 0 Å². The third-order valence-electron chi connectivity index (χ3n) is 4.65. The van der Waals surface area contributed by atoms with Crippen LogP contribution in [0.3, 0.4) is 0 Å². The molecule has 0 aliphatic carbocycles. The molecule has 1 aromatic carbocycles. The molecule has 0 radical (unpaired) electrons. The molecule has 140 valence electrons. The standard InChI is InChI=1S/C18H24N4O4/c1-12-19-20-16(26-12)11-21(2)14-9-22(10-15(14)23)18(24)17(25-3)13-7-5-4-6-8-13/h4-8,14-15,17,23H,9-11H2,1-3H3/t14-,15+,17+/m0/s1. The van der Waals surface area contributed by atoms with E-state index in [2.05, 4.69) is 10.2 Å². The number of aryl methyl sites for hydroxylation is 1. The van der Waals surface area contributed by atoms with Crippen molar-refractivity contribution >= 4 is 5.91 Å². The predicted molar refractivity (Wildman–Crippen MR) is 93.1 cm³/mol. The van der Waals surface area contributed by atoms with Crippen molar-refractivity contribution in [1.82, 2.24) is 20.0 Å². The highest BCUT2D eigenvalue weighted by atomic mass is 16.5. The molecule has 8 heteroatoms. The van der Waals surface area contributed by atoms with E-state index in [1.807, 2.05) is 42.3 Å². The number of amides is 1. The molecule has 1 N–H and O–H groups in total. The van der Waals surface area contributed by atoms with Crippen molar-refractivity contribution in [3.8, 4) is 0 Å². The van der Waals surface area contributed by atoms with Crippen LogP contribution in [0.4, 0.5) is 0 Å². The van der Waals surface area contributed by atoms with E-state index in [0.717, 1.165) is 5.56 Å². The molecule has 0 saturated carbocycles. The van der Waals surface area contributed by atoms with Gasteiger partial charge >= 0.3 is 0 Å². The summed E-state index contributed by atoms with van der Waals surface area (Å²) in [5.41, 5.74) is 0.799. The summed E-state index contributed by atoms with van der Waals surface area (Å²) in [5.74, 6) is 0.839. The number of aliphatic hydroxyl groups excluding tert-OH is 1. The topological polar surface area (TPSA) is 91.9 Å². The molecular formula is C18H24N4O4. The molecule has 1 saturated heterocycles. The fraction of sp³-hybridized carbons (Fsp3) is 0.500. The number of methoxy groups -OCH3 is 1. The fourth-order valence-electron chi connectivity index (χ4n) is 3.29. The average Bonchev–Trinajstić information content (AvgIpc) is 3.22. The number of hydrogen-bond donors (Lipinski definition) is 1. The summed E-state index contributed by atoms with van der Waals surface area (Å²) < 4.78 is 10.8. The Balaban J connectivity index is 1.66. The van der Waals surface area contributed by atoms with Gasteiger partial charge in [0.25, 0.3) is 5.91 Å². The van der Waals surface area contributed by atoms with E-state index in [-0.39, 0.29) is 18.5 Å². The minimum atomic E-state index is -0.675. The van der Waals surface area contributed by atoms with Crippen LogP contribution in [0.15, 0.2) is 34.7 Å². The highest BCUT2D eigenvalue weighted by molar-refractivity contribution is 5.82. The molecule has 0 spiro atoms. The van der Waals surface area contributed by atoms with Crippen molar-refractivity contribution in [2.45, 2.75) is 31.7 Å². The zero-order valence-corrected chi connectivity index (χ0v) is 15.2. The van der Waals surface area contributed by atoms with E-state index >= 15 is 0 Å². The van der Waals surface area contributed by atoms with Crippen LogP contribution in [0, 0.1) is 6.92 Å². The molecule has 1 aliphatic rings. The van der Waals surface area contributed by atoms with Gasteiger partial charge in [-0.05, 0) is 12.6 Å². The number of rotatable bonds is 6. The van der Waals surface area contributed by atoms with Gasteiger partial charge in [0.2, 0.25) is 11.8 Å². The number of β-amino-alcohol motifs (C(OH)–C–C–N with tert-alkyl or cyclic N) is 1. The maximum atomic E-state index is 12.9. The molecule has 3 atom stereocenters. The average molecular weight is 360 g/mol. The fourth-order valence-corrected chi connectivity index (χ4v) is 3.29. The summed E-state index contributed by atoms with van der Waals surface area (Å²) in [6.45, 7) is 2.83. The maximum absolute atomic E-state index is 12.9. The van der Waals surface area contributed by atoms with Crippen molar-refractivity contribution in [1.29, 1.82) is 0 Å². The lowest BCUT2D eigenvalue weighted by Crippen LogP contribution is -2.41. The van der Waals surface area contributed by atoms with Gasteiger partial charge in [0.15, 0.2) is 6.10 Å². The maximum Gasteiger partial charge on any atom is 0.256 e. The van der Waals surface area contributed by atoms with E-state index in [1.165, 1.54) is 7.11 Å². The monoisotopic (exact) mass is 360 g/mol. The third kappa shape index (κ3) is 3.92. The number of likely N-dealkylation sites (tertiary alicyclic amines) is 1. The van der Waals surface area contributed by atoms with E-state index in [4.69, 9.17) is 9.15 Å². The Hall–Kier alpha value is -2.29. The van der Waals surface area contributed by atoms with E-state index in [1.54, 1.807) is 11.8 Å². The van der Waals surface area contributed by atoms with Crippen LogP contribution in [-0.4, -0.2) is 70.4 Å². The third-order valence-corrected chi connectivity index (χ3v) is 4.65. The molecular weight excluding hydrogens is 336 g/mol. The molecule has 2 heterocycles. The van der Waals surface area contributed by atoms with E-state index < -0.39 is 12.2 Å². The first kappa shape index (κ1) is 18.5. The van der Waals surface area contributed by atoms with Crippen LogP contribution < -0.4 is 0 Å². The minimum absolute atomic E-state index is 0.151. The Morgan fingerprint density at radius 2 is 2.12 bits per heavy atom. The number of likely N-dealkylation sites (N-methyl/N-ethyl adjacent to an activating group) is 1. The molecule has 0 bridgehead atoms. The van der Waals surface area contributed by atoms with Crippen molar-refractivity contribution in [3.05, 3.63) is 47.7 Å². The highest BCUT2D eigenvalue weighted by Crippen LogP contribution is 2.24. The van der Waals surface area contributed by atoms with Crippen molar-refractivity contribution in [2.24, 2.45) is 0 Å². The van der Waals surface area contributed by atoms with Gasteiger partial charge in [-0.2, -0.15) is 0 Å². The number of hydrogen-bond acceptors (Lipinski definition) is 7. The Labute approximate surface area is 152 Å². The predicted octanol–water partition coefficient (Wildman–Crippen LogP) is 0.769. The number of benzene rings is 1. The minimum Gasteiger partial charge on any atom is -0.424 e. The van der Waals surface area contributed by atoms with Crippen LogP contribution in [0.2, 0.25) is 0 Å².